The number of anilines is 1. The van der Waals surface area contributed by atoms with Gasteiger partial charge in [0, 0.05) is 0 Å². The van der Waals surface area contributed by atoms with Gasteiger partial charge in [0.25, 0.3) is 0 Å². The molecule has 0 heterocycles. The van der Waals surface area contributed by atoms with E-state index in [4.69, 9.17) is 4.74 Å². The number of benzene rings is 2. The van der Waals surface area contributed by atoms with Gasteiger partial charge in [0.15, 0.2) is 0 Å². The molecule has 2 aromatic rings. The van der Waals surface area contributed by atoms with Crippen LogP contribution in [0.2, 0.25) is 0 Å². The summed E-state index contributed by atoms with van der Waals surface area (Å²) < 4.78 is 31.0. The molecular weight excluding hydrogens is 364 g/mol. The van der Waals surface area contributed by atoms with Crippen LogP contribution in [0.1, 0.15) is 29.7 Å². The fraction of sp³-hybridized carbons (Fsp3) is 0.350. The molecule has 1 amide bonds. The number of aryl methyl sites for hydroxylation is 2. The molecule has 2 aromatic carbocycles. The molecule has 27 heavy (non-hydrogen) atoms. The maximum atomic E-state index is 12.6. The van der Waals surface area contributed by atoms with Gasteiger partial charge in [-0.25, -0.2) is 8.42 Å². The Kier molecular flexibility index (Phi) is 6.49. The highest BCUT2D eigenvalue weighted by atomic mass is 32.2. The van der Waals surface area contributed by atoms with Gasteiger partial charge in [0.05, 0.1) is 25.1 Å². The van der Waals surface area contributed by atoms with E-state index in [1.807, 2.05) is 51.1 Å². The van der Waals surface area contributed by atoms with Gasteiger partial charge in [-0.1, -0.05) is 35.9 Å². The van der Waals surface area contributed by atoms with E-state index in [2.05, 4.69) is 5.32 Å². The number of carbonyl (C=O) groups excluding carboxylic acids is 1. The Hall–Kier alpha value is -2.54. The largest absolute Gasteiger partial charge is 0.495 e. The molecule has 1 N–H and O–H groups in total. The average molecular weight is 391 g/mol. The summed E-state index contributed by atoms with van der Waals surface area (Å²) in [5, 5.41) is 2.85. The Balaban J connectivity index is 2.23. The van der Waals surface area contributed by atoms with E-state index in [9.17, 15) is 13.2 Å². The van der Waals surface area contributed by atoms with Gasteiger partial charge < -0.3 is 10.1 Å². The third-order valence-corrected chi connectivity index (χ3v) is 5.37. The quantitative estimate of drug-likeness (QED) is 0.789. The topological polar surface area (TPSA) is 75.7 Å². The Morgan fingerprint density at radius 2 is 1.70 bits per heavy atom. The van der Waals surface area contributed by atoms with Crippen LogP contribution in [0.4, 0.5) is 5.69 Å². The molecule has 146 valence electrons. The Labute approximate surface area is 161 Å². The van der Waals surface area contributed by atoms with Crippen LogP contribution in [-0.2, 0) is 14.8 Å². The molecule has 0 aromatic heterocycles. The molecule has 0 unspecified atom stereocenters. The molecule has 7 heteroatoms. The van der Waals surface area contributed by atoms with Crippen LogP contribution in [0.5, 0.6) is 5.75 Å². The third-order valence-electron chi connectivity index (χ3n) is 4.25. The van der Waals surface area contributed by atoms with Crippen molar-refractivity contribution in [2.45, 2.75) is 26.8 Å². The molecule has 0 aliphatic rings. The van der Waals surface area contributed by atoms with Crippen LogP contribution in [-0.4, -0.2) is 34.2 Å². The Morgan fingerprint density at radius 1 is 1.11 bits per heavy atom. The first-order chi connectivity index (χ1) is 12.6. The zero-order valence-corrected chi connectivity index (χ0v) is 17.1. The number of carbonyl (C=O) groups is 1. The van der Waals surface area contributed by atoms with Crippen molar-refractivity contribution in [1.82, 2.24) is 5.32 Å². The monoisotopic (exact) mass is 390 g/mol. The van der Waals surface area contributed by atoms with Gasteiger partial charge in [-0.2, -0.15) is 0 Å². The smallest absolute Gasteiger partial charge is 0.241 e. The maximum Gasteiger partial charge on any atom is 0.241 e. The van der Waals surface area contributed by atoms with Gasteiger partial charge in [0.2, 0.25) is 15.9 Å². The predicted molar refractivity (Wildman–Crippen MR) is 108 cm³/mol. The molecule has 0 aliphatic carbocycles. The van der Waals surface area contributed by atoms with Crippen molar-refractivity contribution in [2.75, 3.05) is 24.2 Å². The molecule has 0 saturated carbocycles. The minimum absolute atomic E-state index is 0.237. The first kappa shape index (κ1) is 20.8. The average Bonchev–Trinajstić information content (AvgIpc) is 2.59. The molecular formula is C20H26N2O4S. The second kappa shape index (κ2) is 8.43. The number of ether oxygens (including phenoxy) is 1. The molecule has 0 fully saturated rings. The van der Waals surface area contributed by atoms with Crippen LogP contribution in [0.3, 0.4) is 0 Å². The zero-order chi connectivity index (χ0) is 20.2. The van der Waals surface area contributed by atoms with Crippen molar-refractivity contribution in [2.24, 2.45) is 0 Å². The highest BCUT2D eigenvalue weighted by molar-refractivity contribution is 7.92. The lowest BCUT2D eigenvalue weighted by molar-refractivity contribution is -0.120. The van der Waals surface area contributed by atoms with Gasteiger partial charge in [-0.15, -0.1) is 0 Å². The van der Waals surface area contributed by atoms with Gasteiger partial charge in [-0.05, 0) is 44.0 Å². The summed E-state index contributed by atoms with van der Waals surface area (Å²) in [6.07, 6.45) is 1.07. The van der Waals surface area contributed by atoms with Crippen molar-refractivity contribution in [1.29, 1.82) is 0 Å². The first-order valence-electron chi connectivity index (χ1n) is 8.60. The van der Waals surface area contributed by atoms with Gasteiger partial charge in [0.1, 0.15) is 12.3 Å². The normalized spacial score (nSPS) is 12.3. The summed E-state index contributed by atoms with van der Waals surface area (Å²) in [7, 11) is -2.21. The summed E-state index contributed by atoms with van der Waals surface area (Å²) in [6, 6.07) is 12.8. The maximum absolute atomic E-state index is 12.6. The minimum atomic E-state index is -3.68. The molecule has 0 radical (unpaired) electrons. The Morgan fingerprint density at radius 3 is 2.26 bits per heavy atom. The third kappa shape index (κ3) is 5.47. The number of hydrogen-bond acceptors (Lipinski definition) is 4. The zero-order valence-electron chi connectivity index (χ0n) is 16.3. The van der Waals surface area contributed by atoms with E-state index >= 15 is 0 Å². The van der Waals surface area contributed by atoms with Crippen LogP contribution in [0.15, 0.2) is 42.5 Å². The van der Waals surface area contributed by atoms with E-state index in [1.54, 1.807) is 12.1 Å². The van der Waals surface area contributed by atoms with Crippen LogP contribution >= 0.6 is 0 Å². The Bertz CT molecular complexity index is 908. The second-order valence-corrected chi connectivity index (χ2v) is 8.55. The number of nitrogens with zero attached hydrogens (tertiary/aromatic N) is 1. The van der Waals surface area contributed by atoms with Crippen molar-refractivity contribution in [3.8, 4) is 5.75 Å². The fourth-order valence-electron chi connectivity index (χ4n) is 2.73. The highest BCUT2D eigenvalue weighted by Crippen LogP contribution is 2.30. The minimum Gasteiger partial charge on any atom is -0.495 e. The lowest BCUT2D eigenvalue weighted by atomic mass is 10.1. The second-order valence-electron chi connectivity index (χ2n) is 6.64. The lowest BCUT2D eigenvalue weighted by Gasteiger charge is -2.25. The standard InChI is InChI=1S/C20H26N2O4S/c1-14-6-9-17(10-7-14)16(3)21-20(23)13-22(27(5,24)25)18-12-15(2)8-11-19(18)26-4/h6-12,16H,13H2,1-5H3,(H,21,23)/t16-/m0/s1. The SMILES string of the molecule is COc1ccc(C)cc1N(CC(=O)N[C@@H](C)c1ccc(C)cc1)S(C)(=O)=O. The van der Waals surface area contributed by atoms with Gasteiger partial charge in [-0.3, -0.25) is 9.10 Å². The number of methoxy groups -OCH3 is 1. The van der Waals surface area contributed by atoms with Crippen molar-refractivity contribution in [3.05, 3.63) is 59.2 Å². The summed E-state index contributed by atoms with van der Waals surface area (Å²) >= 11 is 0. The van der Waals surface area contributed by atoms with Crippen molar-refractivity contribution < 1.29 is 17.9 Å². The van der Waals surface area contributed by atoms with Crippen LogP contribution < -0.4 is 14.4 Å². The molecule has 0 bridgehead atoms. The first-order valence-corrected chi connectivity index (χ1v) is 10.4. The van der Waals surface area contributed by atoms with Crippen molar-refractivity contribution in [3.63, 3.8) is 0 Å². The summed E-state index contributed by atoms with van der Waals surface area (Å²) in [5.74, 6) is 0.00228. The number of rotatable bonds is 7. The molecule has 1 atom stereocenters. The molecule has 0 spiro atoms. The summed E-state index contributed by atoms with van der Waals surface area (Å²) in [4.78, 5) is 12.6. The lowest BCUT2D eigenvalue weighted by Crippen LogP contribution is -2.41. The van der Waals surface area contributed by atoms with Crippen LogP contribution in [0, 0.1) is 13.8 Å². The summed E-state index contributed by atoms with van der Waals surface area (Å²) in [5.41, 5.74) is 3.30. The molecule has 6 nitrogen and oxygen atoms in total. The number of amides is 1. The predicted octanol–water partition coefficient (Wildman–Crippen LogP) is 2.96. The summed E-state index contributed by atoms with van der Waals surface area (Å²) in [6.45, 7) is 5.38. The fourth-order valence-corrected chi connectivity index (χ4v) is 3.58. The molecule has 0 saturated heterocycles. The molecule has 0 aliphatic heterocycles. The van der Waals surface area contributed by atoms with E-state index in [1.165, 1.54) is 7.11 Å². The van der Waals surface area contributed by atoms with Crippen LogP contribution in [0.25, 0.3) is 0 Å². The van der Waals surface area contributed by atoms with E-state index in [0.717, 1.165) is 27.3 Å². The molecule has 2 rings (SSSR count). The van der Waals surface area contributed by atoms with E-state index in [-0.39, 0.29) is 12.6 Å². The van der Waals surface area contributed by atoms with Gasteiger partial charge >= 0.3 is 0 Å². The highest BCUT2D eigenvalue weighted by Gasteiger charge is 2.24. The number of sulfonamides is 1. The van der Waals surface area contributed by atoms with E-state index < -0.39 is 15.9 Å². The van der Waals surface area contributed by atoms with Crippen molar-refractivity contribution >= 4 is 21.6 Å². The van der Waals surface area contributed by atoms with E-state index in [0.29, 0.717) is 11.4 Å². The number of hydrogen-bond donors (Lipinski definition) is 1. The number of nitrogens with one attached hydrogen (secondary N) is 1.